The molecule has 0 bridgehead atoms. The Balaban J connectivity index is 1.82. The topological polar surface area (TPSA) is 59.8 Å². The smallest absolute Gasteiger partial charge is 0.270 e. The highest BCUT2D eigenvalue weighted by Gasteiger charge is 2.16. The Morgan fingerprint density at radius 2 is 2.04 bits per heavy atom. The van der Waals surface area contributed by atoms with Crippen molar-refractivity contribution in [2.45, 2.75) is 19.9 Å². The van der Waals surface area contributed by atoms with Gasteiger partial charge in [0.15, 0.2) is 0 Å². The molecule has 2 heterocycles. The molecule has 6 heteroatoms. The summed E-state index contributed by atoms with van der Waals surface area (Å²) in [4.78, 5) is 16.6. The van der Waals surface area contributed by atoms with Crippen molar-refractivity contribution in [1.29, 1.82) is 0 Å². The molecule has 5 nitrogen and oxygen atoms in total. The van der Waals surface area contributed by atoms with Gasteiger partial charge in [0.2, 0.25) is 0 Å². The quantitative estimate of drug-likeness (QED) is 0.793. The van der Waals surface area contributed by atoms with Crippen LogP contribution in [0.2, 0.25) is 0 Å². The van der Waals surface area contributed by atoms with Crippen LogP contribution in [0.15, 0.2) is 48.8 Å². The minimum atomic E-state index is -0.459. The second kappa shape index (κ2) is 6.84. The van der Waals surface area contributed by atoms with Gasteiger partial charge in [0.25, 0.3) is 5.91 Å². The van der Waals surface area contributed by atoms with E-state index in [-0.39, 0.29) is 17.4 Å². The highest BCUT2D eigenvalue weighted by molar-refractivity contribution is 5.93. The molecule has 1 unspecified atom stereocenters. The lowest BCUT2D eigenvalue weighted by atomic mass is 10.1. The van der Waals surface area contributed by atoms with Crippen molar-refractivity contribution in [1.82, 2.24) is 20.1 Å². The number of hydrogen-bond donors (Lipinski definition) is 1. The Morgan fingerprint density at radius 1 is 1.28 bits per heavy atom. The molecule has 0 saturated heterocycles. The fourth-order valence-electron chi connectivity index (χ4n) is 2.78. The molecule has 2 aromatic heterocycles. The number of nitrogens with zero attached hydrogens (tertiary/aromatic N) is 3. The van der Waals surface area contributed by atoms with Crippen LogP contribution in [0.4, 0.5) is 4.39 Å². The number of pyridine rings is 1. The minimum absolute atomic E-state index is 0.281. The van der Waals surface area contributed by atoms with E-state index in [4.69, 9.17) is 0 Å². The van der Waals surface area contributed by atoms with E-state index >= 15 is 0 Å². The number of aryl methyl sites for hydroxylation is 2. The van der Waals surface area contributed by atoms with Crippen LogP contribution < -0.4 is 5.32 Å². The third-order valence-corrected chi connectivity index (χ3v) is 4.04. The third kappa shape index (κ3) is 3.57. The number of hydrogen-bond acceptors (Lipinski definition) is 3. The van der Waals surface area contributed by atoms with Crippen molar-refractivity contribution in [3.8, 4) is 11.1 Å². The van der Waals surface area contributed by atoms with Crippen molar-refractivity contribution in [3.05, 3.63) is 71.6 Å². The molecule has 0 radical (unpaired) electrons. The molecule has 0 aliphatic carbocycles. The van der Waals surface area contributed by atoms with Gasteiger partial charge >= 0.3 is 0 Å². The second-order valence-corrected chi connectivity index (χ2v) is 5.95. The second-order valence-electron chi connectivity index (χ2n) is 5.95. The van der Waals surface area contributed by atoms with E-state index in [0.717, 1.165) is 16.8 Å². The van der Waals surface area contributed by atoms with Gasteiger partial charge in [0.05, 0.1) is 11.7 Å². The zero-order chi connectivity index (χ0) is 18.0. The van der Waals surface area contributed by atoms with Gasteiger partial charge in [-0.05, 0) is 37.6 Å². The minimum Gasteiger partial charge on any atom is -0.344 e. The predicted octanol–water partition coefficient (Wildman–Crippen LogP) is 3.42. The van der Waals surface area contributed by atoms with Crippen molar-refractivity contribution in [3.63, 3.8) is 0 Å². The summed E-state index contributed by atoms with van der Waals surface area (Å²) in [5.41, 5.74) is 3.41. The van der Waals surface area contributed by atoms with Gasteiger partial charge in [0, 0.05) is 30.6 Å². The Morgan fingerprint density at radius 3 is 2.72 bits per heavy atom. The summed E-state index contributed by atoms with van der Waals surface area (Å²) in [6.45, 7) is 3.65. The molecule has 1 aromatic carbocycles. The van der Waals surface area contributed by atoms with Crippen molar-refractivity contribution in [2.75, 3.05) is 0 Å². The number of benzene rings is 1. The summed E-state index contributed by atoms with van der Waals surface area (Å²) in [5, 5.41) is 7.10. The maximum Gasteiger partial charge on any atom is 0.270 e. The molecule has 0 saturated carbocycles. The zero-order valence-electron chi connectivity index (χ0n) is 14.3. The van der Waals surface area contributed by atoms with Gasteiger partial charge in [-0.2, -0.15) is 5.10 Å². The molecular formula is C19H19FN4O. The maximum absolute atomic E-state index is 13.8. The molecule has 1 N–H and O–H groups in total. The van der Waals surface area contributed by atoms with E-state index in [1.807, 2.05) is 26.2 Å². The first-order valence-corrected chi connectivity index (χ1v) is 7.97. The van der Waals surface area contributed by atoms with Crippen LogP contribution in [0.25, 0.3) is 11.1 Å². The monoisotopic (exact) mass is 338 g/mol. The molecular weight excluding hydrogens is 319 g/mol. The van der Waals surface area contributed by atoms with E-state index in [2.05, 4.69) is 15.4 Å². The average molecular weight is 338 g/mol. The molecule has 0 aliphatic rings. The molecule has 1 atom stereocenters. The van der Waals surface area contributed by atoms with E-state index in [1.54, 1.807) is 42.1 Å². The lowest BCUT2D eigenvalue weighted by molar-refractivity contribution is 0.0934. The summed E-state index contributed by atoms with van der Waals surface area (Å²) in [6.07, 6.45) is 3.48. The summed E-state index contributed by atoms with van der Waals surface area (Å²) in [7, 11) is 1.85. The Bertz CT molecular complexity index is 919. The van der Waals surface area contributed by atoms with E-state index in [0.29, 0.717) is 5.56 Å². The standard InChI is InChI=1S/C19H19FN4O/c1-12(15-6-4-5-7-17(15)20)22-19(25)18-10-14(8-9-21-18)16-11-24(3)23-13(16)2/h4-12H,1-3H3,(H,22,25). The number of rotatable bonds is 4. The first-order valence-electron chi connectivity index (χ1n) is 7.97. The molecule has 3 rings (SSSR count). The van der Waals surface area contributed by atoms with Crippen LogP contribution in [-0.4, -0.2) is 20.7 Å². The Kier molecular flexibility index (Phi) is 4.61. The van der Waals surface area contributed by atoms with Gasteiger partial charge in [-0.3, -0.25) is 14.5 Å². The van der Waals surface area contributed by atoms with Gasteiger partial charge in [-0.1, -0.05) is 18.2 Å². The maximum atomic E-state index is 13.8. The zero-order valence-corrected chi connectivity index (χ0v) is 14.3. The predicted molar refractivity (Wildman–Crippen MR) is 93.5 cm³/mol. The van der Waals surface area contributed by atoms with Gasteiger partial charge in [0.1, 0.15) is 11.5 Å². The van der Waals surface area contributed by atoms with Crippen LogP contribution in [0.5, 0.6) is 0 Å². The van der Waals surface area contributed by atoms with Crippen LogP contribution >= 0.6 is 0 Å². The van der Waals surface area contributed by atoms with Crippen molar-refractivity contribution < 1.29 is 9.18 Å². The molecule has 3 aromatic rings. The summed E-state index contributed by atoms with van der Waals surface area (Å²) < 4.78 is 15.6. The van der Waals surface area contributed by atoms with Crippen LogP contribution in [-0.2, 0) is 7.05 Å². The van der Waals surface area contributed by atoms with Gasteiger partial charge in [-0.25, -0.2) is 4.39 Å². The molecule has 0 fully saturated rings. The fraction of sp³-hybridized carbons (Fsp3) is 0.211. The number of aromatic nitrogens is 3. The highest BCUT2D eigenvalue weighted by atomic mass is 19.1. The molecule has 128 valence electrons. The fourth-order valence-corrected chi connectivity index (χ4v) is 2.78. The van der Waals surface area contributed by atoms with E-state index < -0.39 is 6.04 Å². The van der Waals surface area contributed by atoms with Gasteiger partial charge < -0.3 is 5.32 Å². The molecule has 0 aliphatic heterocycles. The average Bonchev–Trinajstić information content (AvgIpc) is 2.93. The van der Waals surface area contributed by atoms with Crippen LogP contribution in [0.1, 0.15) is 34.7 Å². The van der Waals surface area contributed by atoms with Crippen molar-refractivity contribution in [2.24, 2.45) is 7.05 Å². The Labute approximate surface area is 145 Å². The number of amides is 1. The highest BCUT2D eigenvalue weighted by Crippen LogP contribution is 2.23. The number of carbonyl (C=O) groups is 1. The number of nitrogens with one attached hydrogen (secondary N) is 1. The van der Waals surface area contributed by atoms with Crippen molar-refractivity contribution >= 4 is 5.91 Å². The summed E-state index contributed by atoms with van der Waals surface area (Å²) >= 11 is 0. The number of carbonyl (C=O) groups excluding carboxylic acids is 1. The number of halogens is 1. The lowest BCUT2D eigenvalue weighted by Gasteiger charge is -2.15. The first-order chi connectivity index (χ1) is 12.0. The molecule has 0 spiro atoms. The van der Waals surface area contributed by atoms with E-state index in [9.17, 15) is 9.18 Å². The first kappa shape index (κ1) is 16.8. The van der Waals surface area contributed by atoms with Gasteiger partial charge in [-0.15, -0.1) is 0 Å². The van der Waals surface area contributed by atoms with Crippen LogP contribution in [0.3, 0.4) is 0 Å². The van der Waals surface area contributed by atoms with Crippen LogP contribution in [0, 0.1) is 12.7 Å². The largest absolute Gasteiger partial charge is 0.344 e. The molecule has 25 heavy (non-hydrogen) atoms. The third-order valence-electron chi connectivity index (χ3n) is 4.04. The Hall–Kier alpha value is -3.02. The SMILES string of the molecule is Cc1nn(C)cc1-c1ccnc(C(=O)NC(C)c2ccccc2F)c1. The summed E-state index contributed by atoms with van der Waals surface area (Å²) in [6, 6.07) is 9.48. The lowest BCUT2D eigenvalue weighted by Crippen LogP contribution is -2.28. The molecule has 1 amide bonds. The van der Waals surface area contributed by atoms with E-state index in [1.165, 1.54) is 6.07 Å². The summed E-state index contributed by atoms with van der Waals surface area (Å²) in [5.74, 6) is -0.692. The normalized spacial score (nSPS) is 12.0.